The molecule has 1 aromatic rings. The summed E-state index contributed by atoms with van der Waals surface area (Å²) in [5.74, 6) is 0.122. The van der Waals surface area contributed by atoms with Crippen molar-refractivity contribution in [3.63, 3.8) is 0 Å². The Morgan fingerprint density at radius 2 is 1.93 bits per heavy atom. The number of carbonyl (C=O) groups is 1. The first kappa shape index (κ1) is 10.6. The molecule has 0 saturated carbocycles. The summed E-state index contributed by atoms with van der Waals surface area (Å²) in [6, 6.07) is 3.53. The molecule has 0 N–H and O–H groups in total. The smallest absolute Gasteiger partial charge is 0.253 e. The van der Waals surface area contributed by atoms with Crippen molar-refractivity contribution in [2.24, 2.45) is 0 Å². The summed E-state index contributed by atoms with van der Waals surface area (Å²) in [4.78, 5) is 18.4. The Morgan fingerprint density at radius 1 is 1.33 bits per heavy atom. The number of hydrogen-bond acceptors (Lipinski definition) is 2. The van der Waals surface area contributed by atoms with E-state index in [1.165, 1.54) is 0 Å². The predicted molar refractivity (Wildman–Crippen MR) is 62.1 cm³/mol. The lowest BCUT2D eigenvalue weighted by Gasteiger charge is -2.29. The molecule has 1 aromatic heterocycles. The van der Waals surface area contributed by atoms with Crippen LogP contribution in [0.2, 0.25) is 0 Å². The first-order chi connectivity index (χ1) is 7.27. The molecule has 0 aliphatic carbocycles. The van der Waals surface area contributed by atoms with Crippen LogP contribution >= 0.6 is 15.9 Å². The van der Waals surface area contributed by atoms with Gasteiger partial charge in [-0.15, -0.1) is 0 Å². The van der Waals surface area contributed by atoms with Crippen LogP contribution in [-0.4, -0.2) is 33.7 Å². The number of rotatable bonds is 1. The van der Waals surface area contributed by atoms with Crippen molar-refractivity contribution in [3.05, 3.63) is 30.1 Å². The van der Waals surface area contributed by atoms with Gasteiger partial charge in [0, 0.05) is 35.9 Å². The second kappa shape index (κ2) is 4.75. The monoisotopic (exact) mass is 268 g/mol. The number of nitrogens with zero attached hydrogens (tertiary/aromatic N) is 2. The minimum atomic E-state index is 0.122. The zero-order valence-electron chi connectivity index (χ0n) is 8.40. The fourth-order valence-corrected chi connectivity index (χ4v) is 2.14. The Labute approximate surface area is 97.6 Å². The van der Waals surface area contributed by atoms with Crippen molar-refractivity contribution in [3.8, 4) is 0 Å². The number of pyridine rings is 1. The van der Waals surface area contributed by atoms with E-state index in [4.69, 9.17) is 0 Å². The second-order valence-corrected chi connectivity index (χ2v) is 5.00. The van der Waals surface area contributed by atoms with Crippen LogP contribution in [0, 0.1) is 0 Å². The molecule has 2 rings (SSSR count). The number of alkyl halides is 1. The molecule has 0 aromatic carbocycles. The number of halogens is 1. The van der Waals surface area contributed by atoms with Gasteiger partial charge < -0.3 is 4.90 Å². The van der Waals surface area contributed by atoms with Gasteiger partial charge in [0.15, 0.2) is 0 Å². The fourth-order valence-electron chi connectivity index (χ4n) is 1.73. The van der Waals surface area contributed by atoms with E-state index in [2.05, 4.69) is 20.9 Å². The molecule has 15 heavy (non-hydrogen) atoms. The van der Waals surface area contributed by atoms with Crippen LogP contribution in [0.5, 0.6) is 0 Å². The maximum atomic E-state index is 12.0. The summed E-state index contributed by atoms with van der Waals surface area (Å²) in [6.45, 7) is 1.69. The van der Waals surface area contributed by atoms with E-state index >= 15 is 0 Å². The Kier molecular flexibility index (Phi) is 3.36. The zero-order chi connectivity index (χ0) is 10.7. The molecule has 0 spiro atoms. The molecule has 0 bridgehead atoms. The lowest BCUT2D eigenvalue weighted by molar-refractivity contribution is 0.0728. The Morgan fingerprint density at radius 3 is 2.53 bits per heavy atom. The number of amides is 1. The summed E-state index contributed by atoms with van der Waals surface area (Å²) in [7, 11) is 0. The zero-order valence-corrected chi connectivity index (χ0v) is 9.98. The largest absolute Gasteiger partial charge is 0.339 e. The molecule has 80 valence electrons. The molecule has 0 atom stereocenters. The van der Waals surface area contributed by atoms with Crippen LogP contribution in [0.3, 0.4) is 0 Å². The minimum Gasteiger partial charge on any atom is -0.339 e. The normalized spacial score (nSPS) is 17.8. The lowest BCUT2D eigenvalue weighted by Crippen LogP contribution is -2.38. The van der Waals surface area contributed by atoms with Gasteiger partial charge in [0.25, 0.3) is 5.91 Å². The van der Waals surface area contributed by atoms with Gasteiger partial charge in [0.2, 0.25) is 0 Å². The standard InChI is InChI=1S/C11H13BrN2O/c12-10-3-7-14(8-4-10)11(15)9-1-5-13-6-2-9/h1-2,5-6,10H,3-4,7-8H2. The van der Waals surface area contributed by atoms with E-state index in [1.54, 1.807) is 24.5 Å². The van der Waals surface area contributed by atoms with Crippen LogP contribution in [0.1, 0.15) is 23.2 Å². The molecule has 0 radical (unpaired) electrons. The van der Waals surface area contributed by atoms with Gasteiger partial charge in [-0.25, -0.2) is 0 Å². The highest BCUT2D eigenvalue weighted by Crippen LogP contribution is 2.18. The molecule has 3 nitrogen and oxygen atoms in total. The fraction of sp³-hybridized carbons (Fsp3) is 0.455. The molecule has 2 heterocycles. The Balaban J connectivity index is 2.03. The molecular weight excluding hydrogens is 256 g/mol. The molecule has 0 unspecified atom stereocenters. The van der Waals surface area contributed by atoms with Crippen molar-refractivity contribution in [2.75, 3.05) is 13.1 Å². The minimum absolute atomic E-state index is 0.122. The summed E-state index contributed by atoms with van der Waals surface area (Å²) < 4.78 is 0. The average Bonchev–Trinajstić information content (AvgIpc) is 2.30. The topological polar surface area (TPSA) is 33.2 Å². The number of carbonyl (C=O) groups excluding carboxylic acids is 1. The highest BCUT2D eigenvalue weighted by atomic mass is 79.9. The van der Waals surface area contributed by atoms with Crippen LogP contribution in [0.25, 0.3) is 0 Å². The maximum Gasteiger partial charge on any atom is 0.253 e. The second-order valence-electron chi connectivity index (χ2n) is 3.70. The Bertz CT molecular complexity index is 334. The van der Waals surface area contributed by atoms with E-state index in [1.807, 2.05) is 4.90 Å². The quantitative estimate of drug-likeness (QED) is 0.731. The molecule has 1 aliphatic rings. The summed E-state index contributed by atoms with van der Waals surface area (Å²) in [6.07, 6.45) is 5.39. The van der Waals surface area contributed by atoms with Crippen LogP contribution in [0.15, 0.2) is 24.5 Å². The van der Waals surface area contributed by atoms with Gasteiger partial charge >= 0.3 is 0 Å². The number of aromatic nitrogens is 1. The first-order valence-corrected chi connectivity index (χ1v) is 6.02. The van der Waals surface area contributed by atoms with Crippen LogP contribution < -0.4 is 0 Å². The first-order valence-electron chi connectivity index (χ1n) is 5.11. The summed E-state index contributed by atoms with van der Waals surface area (Å²) in [5.41, 5.74) is 0.734. The van der Waals surface area contributed by atoms with Gasteiger partial charge in [-0.2, -0.15) is 0 Å². The molecule has 1 fully saturated rings. The van der Waals surface area contributed by atoms with E-state index in [-0.39, 0.29) is 5.91 Å². The van der Waals surface area contributed by atoms with Crippen molar-refractivity contribution in [1.29, 1.82) is 0 Å². The predicted octanol–water partition coefficient (Wildman–Crippen LogP) is 2.08. The summed E-state index contributed by atoms with van der Waals surface area (Å²) >= 11 is 3.57. The molecule has 4 heteroatoms. The number of likely N-dealkylation sites (tertiary alicyclic amines) is 1. The molecular formula is C11H13BrN2O. The molecule has 1 saturated heterocycles. The lowest BCUT2D eigenvalue weighted by atomic mass is 10.1. The highest BCUT2D eigenvalue weighted by molar-refractivity contribution is 9.09. The van der Waals surface area contributed by atoms with Crippen molar-refractivity contribution < 1.29 is 4.79 Å². The third-order valence-electron chi connectivity index (χ3n) is 2.64. The van der Waals surface area contributed by atoms with E-state index in [9.17, 15) is 4.79 Å². The van der Waals surface area contributed by atoms with Crippen molar-refractivity contribution in [2.45, 2.75) is 17.7 Å². The van der Waals surface area contributed by atoms with E-state index in [0.29, 0.717) is 4.83 Å². The van der Waals surface area contributed by atoms with Crippen molar-refractivity contribution >= 4 is 21.8 Å². The maximum absolute atomic E-state index is 12.0. The van der Waals surface area contributed by atoms with Crippen LogP contribution in [-0.2, 0) is 0 Å². The van der Waals surface area contributed by atoms with Gasteiger partial charge in [-0.1, -0.05) is 15.9 Å². The van der Waals surface area contributed by atoms with E-state index < -0.39 is 0 Å². The van der Waals surface area contributed by atoms with Crippen molar-refractivity contribution in [1.82, 2.24) is 9.88 Å². The summed E-state index contributed by atoms with van der Waals surface area (Å²) in [5, 5.41) is 0. The van der Waals surface area contributed by atoms with E-state index in [0.717, 1.165) is 31.5 Å². The highest BCUT2D eigenvalue weighted by Gasteiger charge is 2.21. The Hall–Kier alpha value is -0.900. The van der Waals surface area contributed by atoms with Crippen LogP contribution in [0.4, 0.5) is 0 Å². The third-order valence-corrected chi connectivity index (χ3v) is 3.55. The molecule has 1 aliphatic heterocycles. The third kappa shape index (κ3) is 2.56. The number of hydrogen-bond donors (Lipinski definition) is 0. The SMILES string of the molecule is O=C(c1ccncc1)N1CCC(Br)CC1. The molecule has 1 amide bonds. The van der Waals surface area contributed by atoms with Gasteiger partial charge in [-0.3, -0.25) is 9.78 Å². The number of piperidine rings is 1. The van der Waals surface area contributed by atoms with Gasteiger partial charge in [0.05, 0.1) is 0 Å². The van der Waals surface area contributed by atoms with Gasteiger partial charge in [0.1, 0.15) is 0 Å². The average molecular weight is 269 g/mol. The van der Waals surface area contributed by atoms with Gasteiger partial charge in [-0.05, 0) is 25.0 Å².